The SMILES string of the molecule is CS(=O)(=O)Nc1ccc(-n2nnc3cc(C(F)(F)F)cnc32)cc1. The average Bonchev–Trinajstić information content (AvgIpc) is 2.88. The highest BCUT2D eigenvalue weighted by atomic mass is 32.2. The molecule has 0 unspecified atom stereocenters. The second-order valence-corrected chi connectivity index (χ2v) is 6.74. The fraction of sp³-hybridized carbons (Fsp3) is 0.154. The first-order valence-electron chi connectivity index (χ1n) is 6.50. The van der Waals surface area contributed by atoms with Crippen molar-refractivity contribution in [3.8, 4) is 5.69 Å². The first-order chi connectivity index (χ1) is 11.1. The molecule has 1 N–H and O–H groups in total. The van der Waals surface area contributed by atoms with Gasteiger partial charge in [0.05, 0.1) is 17.5 Å². The third kappa shape index (κ3) is 3.30. The summed E-state index contributed by atoms with van der Waals surface area (Å²) in [6.45, 7) is 0. The number of aromatic nitrogens is 4. The Balaban J connectivity index is 1.98. The van der Waals surface area contributed by atoms with E-state index >= 15 is 0 Å². The summed E-state index contributed by atoms with van der Waals surface area (Å²) in [4.78, 5) is 3.77. The molecule has 7 nitrogen and oxygen atoms in total. The number of fused-ring (bicyclic) bond motifs is 1. The van der Waals surface area contributed by atoms with Gasteiger partial charge in [-0.25, -0.2) is 13.4 Å². The summed E-state index contributed by atoms with van der Waals surface area (Å²) in [6.07, 6.45) is -2.78. The lowest BCUT2D eigenvalue weighted by Gasteiger charge is -2.07. The van der Waals surface area contributed by atoms with Crippen molar-refractivity contribution < 1.29 is 21.6 Å². The Morgan fingerprint density at radius 2 is 1.83 bits per heavy atom. The third-order valence-corrected chi connectivity index (χ3v) is 3.64. The Morgan fingerprint density at radius 1 is 1.17 bits per heavy atom. The van der Waals surface area contributed by atoms with Crippen LogP contribution in [0.4, 0.5) is 18.9 Å². The van der Waals surface area contributed by atoms with Gasteiger partial charge in [0.15, 0.2) is 5.65 Å². The van der Waals surface area contributed by atoms with Crippen molar-refractivity contribution in [3.63, 3.8) is 0 Å². The molecule has 0 fully saturated rings. The van der Waals surface area contributed by atoms with Gasteiger partial charge >= 0.3 is 6.18 Å². The molecule has 126 valence electrons. The minimum absolute atomic E-state index is 0.00293. The second-order valence-electron chi connectivity index (χ2n) is 4.99. The molecule has 1 aromatic carbocycles. The van der Waals surface area contributed by atoms with Crippen LogP contribution in [0.3, 0.4) is 0 Å². The number of nitrogens with zero attached hydrogens (tertiary/aromatic N) is 4. The van der Waals surface area contributed by atoms with Crippen LogP contribution in [0.1, 0.15) is 5.56 Å². The van der Waals surface area contributed by atoms with Gasteiger partial charge in [0.25, 0.3) is 0 Å². The Labute approximate surface area is 134 Å². The summed E-state index contributed by atoms with van der Waals surface area (Å²) in [7, 11) is -3.40. The van der Waals surface area contributed by atoms with Crippen molar-refractivity contribution in [2.75, 3.05) is 11.0 Å². The second kappa shape index (κ2) is 5.44. The molecule has 0 bridgehead atoms. The van der Waals surface area contributed by atoms with Crippen LogP contribution in [-0.4, -0.2) is 34.7 Å². The molecule has 0 saturated heterocycles. The van der Waals surface area contributed by atoms with Crippen molar-refractivity contribution in [2.24, 2.45) is 0 Å². The highest BCUT2D eigenvalue weighted by molar-refractivity contribution is 7.92. The highest BCUT2D eigenvalue weighted by Gasteiger charge is 2.31. The van der Waals surface area contributed by atoms with Gasteiger partial charge in [0, 0.05) is 11.9 Å². The number of alkyl halides is 3. The van der Waals surface area contributed by atoms with Gasteiger partial charge in [-0.3, -0.25) is 4.72 Å². The van der Waals surface area contributed by atoms with E-state index in [1.54, 1.807) is 12.1 Å². The Hall–Kier alpha value is -2.69. The van der Waals surface area contributed by atoms with Crippen molar-refractivity contribution in [1.82, 2.24) is 20.0 Å². The molecule has 0 atom stereocenters. The summed E-state index contributed by atoms with van der Waals surface area (Å²) in [5, 5.41) is 7.48. The summed E-state index contributed by atoms with van der Waals surface area (Å²) in [6, 6.07) is 6.94. The zero-order valence-electron chi connectivity index (χ0n) is 12.1. The molecular formula is C13H10F3N5O2S. The largest absolute Gasteiger partial charge is 0.417 e. The minimum atomic E-state index is -4.51. The lowest BCUT2D eigenvalue weighted by molar-refractivity contribution is -0.137. The van der Waals surface area contributed by atoms with E-state index in [1.165, 1.54) is 16.8 Å². The van der Waals surface area contributed by atoms with Crippen LogP contribution in [0.5, 0.6) is 0 Å². The topological polar surface area (TPSA) is 89.8 Å². The molecule has 0 aliphatic rings. The third-order valence-electron chi connectivity index (χ3n) is 3.03. The van der Waals surface area contributed by atoms with Crippen molar-refractivity contribution in [2.45, 2.75) is 6.18 Å². The van der Waals surface area contributed by atoms with Gasteiger partial charge < -0.3 is 0 Å². The lowest BCUT2D eigenvalue weighted by Crippen LogP contribution is -2.09. The van der Waals surface area contributed by atoms with Crippen LogP contribution >= 0.6 is 0 Å². The van der Waals surface area contributed by atoms with Gasteiger partial charge in [-0.15, -0.1) is 5.10 Å². The number of benzene rings is 1. The standard InChI is InChI=1S/C13H10F3N5O2S/c1-24(22,23)19-9-2-4-10(5-3-9)21-12-11(18-20-21)6-8(7-17-12)13(14,15)16/h2-7,19H,1H3. The number of halogens is 3. The smallest absolute Gasteiger partial charge is 0.284 e. The zero-order chi connectivity index (χ0) is 17.5. The molecule has 0 aliphatic carbocycles. The van der Waals surface area contributed by atoms with E-state index in [-0.39, 0.29) is 11.2 Å². The molecule has 3 aromatic rings. The number of hydrogen-bond donors (Lipinski definition) is 1. The first-order valence-corrected chi connectivity index (χ1v) is 8.39. The molecule has 2 aromatic heterocycles. The zero-order valence-corrected chi connectivity index (χ0v) is 12.9. The molecule has 0 spiro atoms. The molecule has 2 heterocycles. The maximum absolute atomic E-state index is 12.7. The van der Waals surface area contributed by atoms with Gasteiger partial charge in [0.1, 0.15) is 5.52 Å². The summed E-state index contributed by atoms with van der Waals surface area (Å²) in [5.41, 5.74) is 0.0755. The molecule has 0 radical (unpaired) electrons. The van der Waals surface area contributed by atoms with E-state index in [9.17, 15) is 21.6 Å². The number of anilines is 1. The predicted molar refractivity (Wildman–Crippen MR) is 80.1 cm³/mol. The Kier molecular flexibility index (Phi) is 3.67. The molecular weight excluding hydrogens is 347 g/mol. The maximum atomic E-state index is 12.7. The van der Waals surface area contributed by atoms with Gasteiger partial charge in [-0.1, -0.05) is 5.21 Å². The van der Waals surface area contributed by atoms with E-state index in [4.69, 9.17) is 0 Å². The van der Waals surface area contributed by atoms with E-state index in [0.29, 0.717) is 17.6 Å². The van der Waals surface area contributed by atoms with Crippen LogP contribution in [-0.2, 0) is 16.2 Å². The van der Waals surface area contributed by atoms with E-state index in [0.717, 1.165) is 12.3 Å². The Bertz CT molecular complexity index is 997. The number of hydrogen-bond acceptors (Lipinski definition) is 5. The molecule has 11 heteroatoms. The summed E-state index contributed by atoms with van der Waals surface area (Å²) < 4.78 is 63.9. The van der Waals surface area contributed by atoms with Crippen LogP contribution < -0.4 is 4.72 Å². The van der Waals surface area contributed by atoms with Crippen LogP contribution in [0, 0.1) is 0 Å². The van der Waals surface area contributed by atoms with Crippen LogP contribution in [0.15, 0.2) is 36.5 Å². The van der Waals surface area contributed by atoms with Crippen LogP contribution in [0.2, 0.25) is 0 Å². The summed E-state index contributed by atoms with van der Waals surface area (Å²) in [5.74, 6) is 0. The van der Waals surface area contributed by atoms with Crippen molar-refractivity contribution >= 4 is 26.9 Å². The monoisotopic (exact) mass is 357 g/mol. The first kappa shape index (κ1) is 16.2. The van der Waals surface area contributed by atoms with Gasteiger partial charge in [-0.2, -0.15) is 17.9 Å². The molecule has 24 heavy (non-hydrogen) atoms. The molecule has 0 amide bonds. The average molecular weight is 357 g/mol. The van der Waals surface area contributed by atoms with Crippen molar-refractivity contribution in [3.05, 3.63) is 42.1 Å². The fourth-order valence-corrected chi connectivity index (χ4v) is 2.60. The van der Waals surface area contributed by atoms with E-state index in [1.807, 2.05) is 0 Å². The predicted octanol–water partition coefficient (Wildman–Crippen LogP) is 2.21. The van der Waals surface area contributed by atoms with E-state index < -0.39 is 21.8 Å². The number of nitrogens with one attached hydrogen (secondary N) is 1. The number of pyridine rings is 1. The van der Waals surface area contributed by atoms with Gasteiger partial charge in [0.2, 0.25) is 10.0 Å². The van der Waals surface area contributed by atoms with Crippen LogP contribution in [0.25, 0.3) is 16.9 Å². The highest BCUT2D eigenvalue weighted by Crippen LogP contribution is 2.30. The van der Waals surface area contributed by atoms with E-state index in [2.05, 4.69) is 20.0 Å². The maximum Gasteiger partial charge on any atom is 0.417 e. The van der Waals surface area contributed by atoms with Gasteiger partial charge in [-0.05, 0) is 30.3 Å². The lowest BCUT2D eigenvalue weighted by atomic mass is 10.2. The fourth-order valence-electron chi connectivity index (χ4n) is 2.03. The Morgan fingerprint density at radius 3 is 2.42 bits per heavy atom. The minimum Gasteiger partial charge on any atom is -0.284 e. The molecule has 0 aliphatic heterocycles. The molecule has 0 saturated carbocycles. The molecule has 3 rings (SSSR count). The quantitative estimate of drug-likeness (QED) is 0.776. The van der Waals surface area contributed by atoms with Crippen molar-refractivity contribution in [1.29, 1.82) is 0 Å². The number of sulfonamides is 1. The normalized spacial score (nSPS) is 12.5. The number of rotatable bonds is 3. The summed E-state index contributed by atoms with van der Waals surface area (Å²) >= 11 is 0.